The molecule has 0 unspecified atom stereocenters. The van der Waals surface area contributed by atoms with Crippen molar-refractivity contribution in [1.82, 2.24) is 8.75 Å². The Hall–Kier alpha value is -2.38. The number of rotatable bonds is 17. The van der Waals surface area contributed by atoms with Crippen LogP contribution in [0.5, 0.6) is 0 Å². The maximum absolute atomic E-state index is 5.95. The standard InChI is InChI=1S/C38H42N4OS6/c1-5-7-9-13-25-21-23(3)44-37(25)29-17-15-27(45-29)28-16-18-30(46-28)38-26(14-10-12-20-43-19-11-8-6-2)22-31(47-38)32-35-33(39-48-41-35)24(4)34-36(32)42-49-40-34/h15-18,21-22H,5-14,19-20H2,1-4H3. The molecular formula is C38H42N4OS6. The van der Waals surface area contributed by atoms with E-state index in [1.54, 1.807) is 0 Å². The molecule has 0 bridgehead atoms. The molecule has 0 radical (unpaired) electrons. The van der Waals surface area contributed by atoms with E-state index in [2.05, 4.69) is 72.8 Å². The monoisotopic (exact) mass is 762 g/mol. The molecule has 0 fully saturated rings. The van der Waals surface area contributed by atoms with Crippen molar-refractivity contribution in [2.45, 2.75) is 91.9 Å². The summed E-state index contributed by atoms with van der Waals surface area (Å²) in [5, 5.41) is 0. The van der Waals surface area contributed by atoms with Crippen LogP contribution in [-0.4, -0.2) is 22.0 Å². The minimum atomic E-state index is 0.832. The van der Waals surface area contributed by atoms with Crippen LogP contribution in [0.1, 0.15) is 86.8 Å². The Morgan fingerprint density at radius 2 is 1.18 bits per heavy atom. The van der Waals surface area contributed by atoms with Gasteiger partial charge in [-0.15, -0.1) is 45.3 Å². The predicted molar refractivity (Wildman–Crippen MR) is 218 cm³/mol. The Balaban J connectivity index is 1.18. The van der Waals surface area contributed by atoms with Crippen molar-refractivity contribution in [3.05, 3.63) is 58.0 Å². The number of thiophene rings is 4. The molecule has 256 valence electrons. The molecule has 0 atom stereocenters. The molecule has 0 N–H and O–H groups in total. The number of nitrogens with zero attached hydrogens (tertiary/aromatic N) is 4. The van der Waals surface area contributed by atoms with Crippen LogP contribution in [0.25, 0.3) is 50.7 Å². The maximum Gasteiger partial charge on any atom is 0.116 e. The molecule has 0 spiro atoms. The SMILES string of the molecule is CCCCCOCCCCc1cc(-c2c3c(c(C)c4nsnc24)N=S=N3)sc1-c1ccc(-c2ccc(-c3sc(C)cc3CCCCC)s2)s1. The van der Waals surface area contributed by atoms with E-state index in [9.17, 15) is 0 Å². The third-order valence-corrected chi connectivity index (χ3v) is 15.0. The summed E-state index contributed by atoms with van der Waals surface area (Å²) in [6, 6.07) is 14.1. The summed E-state index contributed by atoms with van der Waals surface area (Å²) < 4.78 is 24.8. The van der Waals surface area contributed by atoms with Gasteiger partial charge in [0.2, 0.25) is 0 Å². The second kappa shape index (κ2) is 16.3. The van der Waals surface area contributed by atoms with Gasteiger partial charge in [0, 0.05) is 63.4 Å². The van der Waals surface area contributed by atoms with E-state index < -0.39 is 0 Å². The summed E-state index contributed by atoms with van der Waals surface area (Å²) >= 11 is 10.2. The first-order valence-electron chi connectivity index (χ1n) is 17.4. The minimum Gasteiger partial charge on any atom is -0.381 e. The topological polar surface area (TPSA) is 59.7 Å². The van der Waals surface area contributed by atoms with Crippen LogP contribution >= 0.6 is 57.1 Å². The predicted octanol–water partition coefficient (Wildman–Crippen LogP) is 14.2. The number of fused-ring (bicyclic) bond motifs is 2. The Morgan fingerprint density at radius 3 is 1.92 bits per heavy atom. The van der Waals surface area contributed by atoms with Gasteiger partial charge < -0.3 is 4.74 Å². The molecule has 11 heteroatoms. The number of aromatic nitrogens is 2. The average molecular weight is 763 g/mol. The highest BCUT2D eigenvalue weighted by Crippen LogP contribution is 2.52. The smallest absolute Gasteiger partial charge is 0.116 e. The zero-order valence-electron chi connectivity index (χ0n) is 28.6. The summed E-state index contributed by atoms with van der Waals surface area (Å²) in [6.45, 7) is 10.6. The number of hydrogen-bond donors (Lipinski definition) is 0. The van der Waals surface area contributed by atoms with Gasteiger partial charge >= 0.3 is 0 Å². The molecular weight excluding hydrogens is 721 g/mol. The van der Waals surface area contributed by atoms with E-state index in [1.807, 2.05) is 45.3 Å². The summed E-state index contributed by atoms with van der Waals surface area (Å²) in [5.74, 6) is 0. The number of ether oxygens (including phenoxy) is 1. The Bertz CT molecular complexity index is 2120. The Morgan fingerprint density at radius 1 is 0.592 bits per heavy atom. The number of aryl methyl sites for hydroxylation is 4. The fourth-order valence-corrected chi connectivity index (χ4v) is 12.3. The average Bonchev–Trinajstić information content (AvgIpc) is 3.95. The molecule has 0 saturated heterocycles. The van der Waals surface area contributed by atoms with Crippen LogP contribution in [0.2, 0.25) is 0 Å². The Labute approximate surface area is 313 Å². The minimum absolute atomic E-state index is 0.832. The van der Waals surface area contributed by atoms with Gasteiger partial charge in [-0.05, 0) is 99.9 Å². The lowest BCUT2D eigenvalue weighted by Gasteiger charge is -2.07. The molecule has 0 saturated carbocycles. The highest BCUT2D eigenvalue weighted by molar-refractivity contribution is 7.58. The van der Waals surface area contributed by atoms with E-state index in [1.165, 1.54) is 112 Å². The lowest BCUT2D eigenvalue weighted by atomic mass is 10.0. The summed E-state index contributed by atoms with van der Waals surface area (Å²) in [6.07, 6.45) is 11.8. The maximum atomic E-state index is 5.95. The number of unbranched alkanes of at least 4 members (excludes halogenated alkanes) is 5. The van der Waals surface area contributed by atoms with Crippen LogP contribution < -0.4 is 0 Å². The van der Waals surface area contributed by atoms with Crippen molar-refractivity contribution in [2.75, 3.05) is 13.2 Å². The number of benzene rings is 1. The molecule has 5 nitrogen and oxygen atoms in total. The van der Waals surface area contributed by atoms with E-state index in [-0.39, 0.29) is 0 Å². The van der Waals surface area contributed by atoms with Gasteiger partial charge in [-0.1, -0.05) is 39.5 Å². The highest BCUT2D eigenvalue weighted by Gasteiger charge is 2.26. The van der Waals surface area contributed by atoms with E-state index in [4.69, 9.17) is 13.5 Å². The molecule has 1 aromatic carbocycles. The normalized spacial score (nSPS) is 12.4. The van der Waals surface area contributed by atoms with Crippen molar-refractivity contribution in [2.24, 2.45) is 8.73 Å². The molecule has 49 heavy (non-hydrogen) atoms. The van der Waals surface area contributed by atoms with Gasteiger partial charge in [0.05, 0.1) is 23.1 Å². The molecule has 1 aliphatic rings. The van der Waals surface area contributed by atoms with Gasteiger partial charge in [0.1, 0.15) is 22.4 Å². The zero-order chi connectivity index (χ0) is 33.7. The first kappa shape index (κ1) is 35.0. The Kier molecular flexibility index (Phi) is 11.7. The summed E-state index contributed by atoms with van der Waals surface area (Å²) in [5.41, 5.74) is 8.83. The van der Waals surface area contributed by atoms with Crippen LogP contribution in [0, 0.1) is 13.8 Å². The van der Waals surface area contributed by atoms with Crippen molar-refractivity contribution in [3.63, 3.8) is 0 Å². The second-order valence-corrected chi connectivity index (χ2v) is 18.2. The summed E-state index contributed by atoms with van der Waals surface area (Å²) in [7, 11) is 0. The fraction of sp³-hybridized carbons (Fsp3) is 0.421. The zero-order valence-corrected chi connectivity index (χ0v) is 33.5. The van der Waals surface area contributed by atoms with Gasteiger partial charge in [-0.25, -0.2) is 0 Å². The molecule has 6 aromatic rings. The van der Waals surface area contributed by atoms with Crippen LogP contribution in [-0.2, 0) is 28.9 Å². The lowest BCUT2D eigenvalue weighted by Crippen LogP contribution is -1.97. The lowest BCUT2D eigenvalue weighted by molar-refractivity contribution is 0.126. The van der Waals surface area contributed by atoms with Crippen LogP contribution in [0.15, 0.2) is 45.1 Å². The van der Waals surface area contributed by atoms with E-state index in [0.717, 1.165) is 72.4 Å². The first-order valence-corrected chi connectivity index (χ1v) is 22.2. The third kappa shape index (κ3) is 7.64. The quantitative estimate of drug-likeness (QED) is 0.0868. The molecule has 0 aliphatic carbocycles. The van der Waals surface area contributed by atoms with Crippen LogP contribution in [0.4, 0.5) is 11.4 Å². The van der Waals surface area contributed by atoms with E-state index in [0.29, 0.717) is 0 Å². The third-order valence-electron chi connectivity index (χ3n) is 8.98. The largest absolute Gasteiger partial charge is 0.381 e. The van der Waals surface area contributed by atoms with Crippen LogP contribution in [0.3, 0.4) is 0 Å². The number of hydrogen-bond acceptors (Lipinski definition) is 10. The van der Waals surface area contributed by atoms with Crippen molar-refractivity contribution in [3.8, 4) is 39.7 Å². The molecule has 0 amide bonds. The summed E-state index contributed by atoms with van der Waals surface area (Å²) in [4.78, 5) is 10.8. The van der Waals surface area contributed by atoms with Crippen molar-refractivity contribution in [1.29, 1.82) is 0 Å². The molecule has 1 aliphatic heterocycles. The molecule has 7 rings (SSSR count). The molecule has 5 aromatic heterocycles. The van der Waals surface area contributed by atoms with Gasteiger partial charge in [0.25, 0.3) is 0 Å². The fourth-order valence-electron chi connectivity index (χ4n) is 6.39. The highest BCUT2D eigenvalue weighted by atomic mass is 32.1. The second-order valence-electron chi connectivity index (χ2n) is 12.7. The van der Waals surface area contributed by atoms with Gasteiger partial charge in [0.15, 0.2) is 0 Å². The van der Waals surface area contributed by atoms with Crippen molar-refractivity contribution >= 4 is 90.8 Å². The van der Waals surface area contributed by atoms with Gasteiger partial charge in [-0.2, -0.15) is 17.5 Å². The first-order chi connectivity index (χ1) is 24.1. The van der Waals surface area contributed by atoms with Crippen molar-refractivity contribution < 1.29 is 4.74 Å². The van der Waals surface area contributed by atoms with Gasteiger partial charge in [-0.3, -0.25) is 0 Å². The molecule has 6 heterocycles. The van der Waals surface area contributed by atoms with E-state index >= 15 is 0 Å².